The van der Waals surface area contributed by atoms with Crippen molar-refractivity contribution in [2.24, 2.45) is 5.92 Å². The highest BCUT2D eigenvalue weighted by molar-refractivity contribution is 7.19. The van der Waals surface area contributed by atoms with Crippen LogP contribution < -0.4 is 10.6 Å². The van der Waals surface area contributed by atoms with Crippen molar-refractivity contribution in [1.29, 1.82) is 0 Å². The number of fused-ring (bicyclic) bond motifs is 3. The summed E-state index contributed by atoms with van der Waals surface area (Å²) in [6, 6.07) is 0.517. The summed E-state index contributed by atoms with van der Waals surface area (Å²) < 4.78 is 0. The van der Waals surface area contributed by atoms with E-state index in [1.165, 1.54) is 54.4 Å². The number of anilines is 3. The van der Waals surface area contributed by atoms with E-state index in [0.717, 1.165) is 28.7 Å². The van der Waals surface area contributed by atoms with E-state index in [9.17, 15) is 0 Å². The molecule has 1 saturated carbocycles. The van der Waals surface area contributed by atoms with E-state index in [2.05, 4.69) is 27.8 Å². The predicted octanol–water partition coefficient (Wildman–Crippen LogP) is 4.64. The standard InChI is InChI=1S/C19H24N6S/c1-11-5-7-12(8-6-11)22-17-16-14-3-2-4-15(14)26-18(16)25-19(24-17)23-13-9-20-21-10-13/h9-12H,2-8H2,1H3,(H,20,21)(H2,22,23,24,25). The first-order valence-electron chi connectivity index (χ1n) is 9.61. The monoisotopic (exact) mass is 368 g/mol. The minimum atomic E-state index is 0.517. The lowest BCUT2D eigenvalue weighted by atomic mass is 9.87. The van der Waals surface area contributed by atoms with E-state index < -0.39 is 0 Å². The summed E-state index contributed by atoms with van der Waals surface area (Å²) in [5, 5.41) is 15.1. The van der Waals surface area contributed by atoms with Gasteiger partial charge in [0.25, 0.3) is 0 Å². The van der Waals surface area contributed by atoms with E-state index in [0.29, 0.717) is 12.0 Å². The van der Waals surface area contributed by atoms with Gasteiger partial charge < -0.3 is 10.6 Å². The van der Waals surface area contributed by atoms with Gasteiger partial charge in [-0.1, -0.05) is 6.92 Å². The van der Waals surface area contributed by atoms with Crippen LogP contribution in [0.5, 0.6) is 0 Å². The molecule has 0 radical (unpaired) electrons. The summed E-state index contributed by atoms with van der Waals surface area (Å²) in [6.07, 6.45) is 12.2. The number of nitrogens with one attached hydrogen (secondary N) is 3. The van der Waals surface area contributed by atoms with Gasteiger partial charge in [-0.25, -0.2) is 4.98 Å². The summed E-state index contributed by atoms with van der Waals surface area (Å²) in [6.45, 7) is 2.36. The van der Waals surface area contributed by atoms with Gasteiger partial charge in [-0.2, -0.15) is 10.1 Å². The van der Waals surface area contributed by atoms with Crippen LogP contribution in [0.4, 0.5) is 17.5 Å². The molecule has 136 valence electrons. The summed E-state index contributed by atoms with van der Waals surface area (Å²) in [5.41, 5.74) is 2.36. The Labute approximate surface area is 156 Å². The Kier molecular flexibility index (Phi) is 4.04. The van der Waals surface area contributed by atoms with Gasteiger partial charge in [0, 0.05) is 17.1 Å². The number of thiophene rings is 1. The average molecular weight is 369 g/mol. The van der Waals surface area contributed by atoms with Crippen molar-refractivity contribution in [2.45, 2.75) is 57.9 Å². The number of rotatable bonds is 4. The van der Waals surface area contributed by atoms with Crippen LogP contribution in [0.2, 0.25) is 0 Å². The maximum absolute atomic E-state index is 4.87. The van der Waals surface area contributed by atoms with E-state index in [4.69, 9.17) is 9.97 Å². The Bertz CT molecular complexity index is 908. The van der Waals surface area contributed by atoms with E-state index in [1.54, 1.807) is 6.20 Å². The summed E-state index contributed by atoms with van der Waals surface area (Å²) in [5.74, 6) is 2.51. The fraction of sp³-hybridized carbons (Fsp3) is 0.526. The molecule has 0 unspecified atom stereocenters. The minimum absolute atomic E-state index is 0.517. The zero-order valence-corrected chi connectivity index (χ0v) is 15.8. The van der Waals surface area contributed by atoms with Gasteiger partial charge in [0.15, 0.2) is 0 Å². The highest BCUT2D eigenvalue weighted by atomic mass is 32.1. The molecule has 0 bridgehead atoms. The van der Waals surface area contributed by atoms with Crippen molar-refractivity contribution >= 4 is 39.0 Å². The van der Waals surface area contributed by atoms with E-state index >= 15 is 0 Å². The SMILES string of the molecule is CC1CCC(Nc2nc(Nc3cn[nH]c3)nc3sc4c(c23)CCC4)CC1. The number of H-pyrrole nitrogens is 1. The summed E-state index contributed by atoms with van der Waals surface area (Å²) in [7, 11) is 0. The zero-order valence-electron chi connectivity index (χ0n) is 15.0. The predicted molar refractivity (Wildman–Crippen MR) is 106 cm³/mol. The second kappa shape index (κ2) is 6.54. The third-order valence-electron chi connectivity index (χ3n) is 5.68. The molecule has 0 amide bonds. The Morgan fingerprint density at radius 1 is 1.15 bits per heavy atom. The molecule has 7 heteroatoms. The number of aromatic nitrogens is 4. The highest BCUT2D eigenvalue weighted by Gasteiger charge is 2.25. The Morgan fingerprint density at radius 3 is 2.85 bits per heavy atom. The number of aromatic amines is 1. The first kappa shape index (κ1) is 16.1. The van der Waals surface area contributed by atoms with Crippen molar-refractivity contribution in [1.82, 2.24) is 20.2 Å². The molecule has 3 aromatic rings. The average Bonchev–Trinajstić information content (AvgIpc) is 3.34. The zero-order chi connectivity index (χ0) is 17.5. The molecule has 0 aliphatic heterocycles. The first-order chi connectivity index (χ1) is 12.8. The third-order valence-corrected chi connectivity index (χ3v) is 6.86. The number of hydrogen-bond donors (Lipinski definition) is 3. The van der Waals surface area contributed by atoms with Crippen molar-refractivity contribution in [3.8, 4) is 0 Å². The molecule has 2 aliphatic carbocycles. The van der Waals surface area contributed by atoms with Gasteiger partial charge in [0.2, 0.25) is 5.95 Å². The molecule has 3 N–H and O–H groups in total. The van der Waals surface area contributed by atoms with Gasteiger partial charge in [-0.15, -0.1) is 11.3 Å². The van der Waals surface area contributed by atoms with Crippen LogP contribution in [-0.2, 0) is 12.8 Å². The molecule has 26 heavy (non-hydrogen) atoms. The van der Waals surface area contributed by atoms with Gasteiger partial charge in [-0.3, -0.25) is 5.10 Å². The van der Waals surface area contributed by atoms with Gasteiger partial charge >= 0.3 is 0 Å². The van der Waals surface area contributed by atoms with Crippen LogP contribution in [0.15, 0.2) is 12.4 Å². The van der Waals surface area contributed by atoms with Crippen LogP contribution in [-0.4, -0.2) is 26.2 Å². The lowest BCUT2D eigenvalue weighted by Crippen LogP contribution is -2.26. The molecule has 6 nitrogen and oxygen atoms in total. The third kappa shape index (κ3) is 2.94. The second-order valence-electron chi connectivity index (χ2n) is 7.65. The maximum Gasteiger partial charge on any atom is 0.230 e. The maximum atomic E-state index is 4.87. The van der Waals surface area contributed by atoms with E-state index in [-0.39, 0.29) is 0 Å². The van der Waals surface area contributed by atoms with Crippen molar-refractivity contribution in [3.05, 3.63) is 22.8 Å². The Morgan fingerprint density at radius 2 is 2.04 bits per heavy atom. The molecule has 1 fully saturated rings. The molecule has 0 saturated heterocycles. The lowest BCUT2D eigenvalue weighted by molar-refractivity contribution is 0.361. The Hall–Kier alpha value is -2.15. The fourth-order valence-corrected chi connectivity index (χ4v) is 5.46. The topological polar surface area (TPSA) is 78.5 Å². The van der Waals surface area contributed by atoms with Gasteiger partial charge in [-0.05, 0) is 56.4 Å². The first-order valence-corrected chi connectivity index (χ1v) is 10.4. The van der Waals surface area contributed by atoms with E-state index in [1.807, 2.05) is 17.5 Å². The normalized spacial score (nSPS) is 22.5. The van der Waals surface area contributed by atoms with Gasteiger partial charge in [0.1, 0.15) is 10.6 Å². The highest BCUT2D eigenvalue weighted by Crippen LogP contribution is 2.41. The van der Waals surface area contributed by atoms with Crippen LogP contribution in [0, 0.1) is 5.92 Å². The summed E-state index contributed by atoms with van der Waals surface area (Å²) in [4.78, 5) is 12.3. The second-order valence-corrected chi connectivity index (χ2v) is 8.73. The van der Waals surface area contributed by atoms with Crippen LogP contribution in [0.3, 0.4) is 0 Å². The molecule has 0 spiro atoms. The molecule has 3 aromatic heterocycles. The molecule has 3 heterocycles. The quantitative estimate of drug-likeness (QED) is 0.625. The van der Waals surface area contributed by atoms with Crippen LogP contribution in [0.25, 0.3) is 10.2 Å². The number of aryl methyl sites for hydroxylation is 2. The van der Waals surface area contributed by atoms with Crippen molar-refractivity contribution in [3.63, 3.8) is 0 Å². The largest absolute Gasteiger partial charge is 0.367 e. The summed E-state index contributed by atoms with van der Waals surface area (Å²) >= 11 is 1.84. The number of nitrogens with zero attached hydrogens (tertiary/aromatic N) is 3. The Balaban J connectivity index is 1.52. The number of hydrogen-bond acceptors (Lipinski definition) is 6. The van der Waals surface area contributed by atoms with Crippen molar-refractivity contribution in [2.75, 3.05) is 10.6 Å². The van der Waals surface area contributed by atoms with Crippen molar-refractivity contribution < 1.29 is 0 Å². The molecular formula is C19H24N6S. The molecule has 5 rings (SSSR count). The molecular weight excluding hydrogens is 344 g/mol. The smallest absolute Gasteiger partial charge is 0.230 e. The van der Waals surface area contributed by atoms with Gasteiger partial charge in [0.05, 0.1) is 17.3 Å². The molecule has 0 aromatic carbocycles. The minimum Gasteiger partial charge on any atom is -0.367 e. The van der Waals surface area contributed by atoms with Crippen LogP contribution in [0.1, 0.15) is 49.5 Å². The fourth-order valence-electron chi connectivity index (χ4n) is 4.20. The molecule has 0 atom stereocenters. The van der Waals surface area contributed by atoms with Crippen LogP contribution >= 0.6 is 11.3 Å². The lowest BCUT2D eigenvalue weighted by Gasteiger charge is -2.27. The molecule has 2 aliphatic rings.